The van der Waals surface area contributed by atoms with Crippen molar-refractivity contribution in [3.63, 3.8) is 0 Å². The van der Waals surface area contributed by atoms with E-state index in [1.54, 1.807) is 17.8 Å². The Labute approximate surface area is 221 Å². The number of halogens is 4. The second kappa shape index (κ2) is 10.5. The number of aryl methyl sites for hydroxylation is 1. The van der Waals surface area contributed by atoms with Crippen molar-refractivity contribution < 1.29 is 35.5 Å². The summed E-state index contributed by atoms with van der Waals surface area (Å²) >= 11 is 0. The van der Waals surface area contributed by atoms with Gasteiger partial charge < -0.3 is 9.30 Å². The maximum Gasteiger partial charge on any atom is 0.416 e. The van der Waals surface area contributed by atoms with E-state index in [2.05, 4.69) is 9.97 Å². The first kappa shape index (κ1) is 27.8. The van der Waals surface area contributed by atoms with Crippen LogP contribution in [0.2, 0.25) is 0 Å². The maximum absolute atomic E-state index is 13.9. The van der Waals surface area contributed by atoms with E-state index in [-0.39, 0.29) is 18.0 Å². The largest absolute Gasteiger partial charge is 0.496 e. The van der Waals surface area contributed by atoms with Gasteiger partial charge in [-0.2, -0.15) is 13.2 Å². The Morgan fingerprint density at radius 1 is 1.08 bits per heavy atom. The summed E-state index contributed by atoms with van der Waals surface area (Å²) < 4.78 is 86.3. The lowest BCUT2D eigenvalue weighted by Crippen LogP contribution is -2.32. The number of hydrogen-bond donors (Lipinski definition) is 0. The Bertz CT molecular complexity index is 1650. The van der Waals surface area contributed by atoms with E-state index in [0.29, 0.717) is 29.1 Å². The smallest absolute Gasteiger partial charge is 0.416 e. The quantitative estimate of drug-likeness (QED) is 0.298. The molecule has 2 aromatic heterocycles. The normalized spacial score (nSPS) is 11.9. The molecule has 4 rings (SSSR count). The highest BCUT2D eigenvalue weighted by Gasteiger charge is 2.34. The fourth-order valence-corrected chi connectivity index (χ4v) is 4.61. The number of alkyl halides is 3. The Balaban J connectivity index is 1.95. The molecule has 0 aliphatic carbocycles. The molecule has 1 amide bonds. The number of rotatable bonds is 7. The highest BCUT2D eigenvalue weighted by atomic mass is 32.2. The van der Waals surface area contributed by atoms with Gasteiger partial charge >= 0.3 is 6.18 Å². The number of nitrogens with zero attached hydrogens (tertiary/aromatic N) is 4. The van der Waals surface area contributed by atoms with Crippen LogP contribution >= 0.6 is 0 Å². The second-order valence-electron chi connectivity index (χ2n) is 8.60. The van der Waals surface area contributed by atoms with Gasteiger partial charge in [-0.25, -0.2) is 17.8 Å². The van der Waals surface area contributed by atoms with Crippen molar-refractivity contribution in [2.45, 2.75) is 17.6 Å². The molecule has 204 valence electrons. The molecule has 0 saturated heterocycles. The molecule has 0 bridgehead atoms. The molecule has 0 fully saturated rings. The molecule has 0 aliphatic heterocycles. The summed E-state index contributed by atoms with van der Waals surface area (Å²) in [4.78, 5) is 22.7. The van der Waals surface area contributed by atoms with Crippen LogP contribution in [-0.4, -0.2) is 42.2 Å². The lowest BCUT2D eigenvalue weighted by molar-refractivity contribution is -0.137. The average Bonchev–Trinajstić information content (AvgIpc) is 3.29. The van der Waals surface area contributed by atoms with Crippen LogP contribution in [0.4, 0.5) is 23.2 Å². The van der Waals surface area contributed by atoms with Gasteiger partial charge in [0, 0.05) is 54.7 Å². The third kappa shape index (κ3) is 5.93. The molecule has 0 N–H and O–H groups in total. The summed E-state index contributed by atoms with van der Waals surface area (Å²) in [5, 5.41) is 0. The van der Waals surface area contributed by atoms with Gasteiger partial charge in [-0.15, -0.1) is 0 Å². The van der Waals surface area contributed by atoms with Gasteiger partial charge in [0.2, 0.25) is 0 Å². The van der Waals surface area contributed by atoms with Crippen molar-refractivity contribution in [2.75, 3.05) is 18.3 Å². The molecule has 2 aromatic carbocycles. The van der Waals surface area contributed by atoms with Gasteiger partial charge in [0.25, 0.3) is 5.91 Å². The van der Waals surface area contributed by atoms with Gasteiger partial charge in [-0.3, -0.25) is 14.7 Å². The zero-order valence-electron chi connectivity index (χ0n) is 20.9. The van der Waals surface area contributed by atoms with Crippen molar-refractivity contribution >= 4 is 21.4 Å². The van der Waals surface area contributed by atoms with Crippen LogP contribution in [0.3, 0.4) is 0 Å². The second-order valence-corrected chi connectivity index (χ2v) is 10.6. The Morgan fingerprint density at radius 2 is 1.82 bits per heavy atom. The molecular weight excluding hydrogens is 540 g/mol. The number of pyridine rings is 1. The van der Waals surface area contributed by atoms with Crippen LogP contribution in [0.15, 0.2) is 72.1 Å². The molecule has 0 saturated carbocycles. The molecule has 4 aromatic rings. The van der Waals surface area contributed by atoms with Crippen molar-refractivity contribution in [3.05, 3.63) is 90.0 Å². The number of aromatic nitrogens is 3. The van der Waals surface area contributed by atoms with Gasteiger partial charge in [0.1, 0.15) is 17.4 Å². The monoisotopic (exact) mass is 562 g/mol. The number of hydrogen-bond acceptors (Lipinski definition) is 6. The number of imidazole rings is 1. The first-order valence-corrected chi connectivity index (χ1v) is 13.2. The summed E-state index contributed by atoms with van der Waals surface area (Å²) in [7, 11) is -1.10. The predicted molar refractivity (Wildman–Crippen MR) is 134 cm³/mol. The number of sulfone groups is 1. The minimum atomic E-state index is -4.92. The minimum absolute atomic E-state index is 0.144. The van der Waals surface area contributed by atoms with Crippen molar-refractivity contribution in [3.8, 4) is 16.9 Å². The molecule has 8 nitrogen and oxygen atoms in total. The number of carbonyl (C=O) groups is 1. The summed E-state index contributed by atoms with van der Waals surface area (Å²) in [6, 6.07) is 7.28. The summed E-state index contributed by atoms with van der Waals surface area (Å²) in [5.74, 6) is -0.987. The van der Waals surface area contributed by atoms with Crippen molar-refractivity contribution in [2.24, 2.45) is 7.05 Å². The zero-order valence-corrected chi connectivity index (χ0v) is 21.7. The highest BCUT2D eigenvalue weighted by molar-refractivity contribution is 7.90. The summed E-state index contributed by atoms with van der Waals surface area (Å²) in [6.07, 6.45) is 1.69. The third-order valence-electron chi connectivity index (χ3n) is 5.92. The fourth-order valence-electron chi connectivity index (χ4n) is 3.93. The maximum atomic E-state index is 13.9. The summed E-state index contributed by atoms with van der Waals surface area (Å²) in [5.41, 5.74) is -0.916. The first-order valence-electron chi connectivity index (χ1n) is 11.3. The Morgan fingerprint density at radius 3 is 2.44 bits per heavy atom. The SMILES string of the molecule is COc1cc(F)ccc1-c1ccncc1N(Cc1nccn1C)C(=O)c1cc(C(F)(F)F)cc(S(C)(=O)=O)c1. The van der Waals surface area contributed by atoms with Crippen LogP contribution in [0.5, 0.6) is 5.75 Å². The number of anilines is 1. The minimum Gasteiger partial charge on any atom is -0.496 e. The lowest BCUT2D eigenvalue weighted by atomic mass is 10.0. The lowest BCUT2D eigenvalue weighted by Gasteiger charge is -2.26. The van der Waals surface area contributed by atoms with Crippen LogP contribution in [0.1, 0.15) is 21.7 Å². The average molecular weight is 563 g/mol. The third-order valence-corrected chi connectivity index (χ3v) is 7.01. The molecule has 0 radical (unpaired) electrons. The summed E-state index contributed by atoms with van der Waals surface area (Å²) in [6.45, 7) is -0.213. The van der Waals surface area contributed by atoms with Gasteiger partial charge in [0.05, 0.1) is 36.0 Å². The molecular formula is C26H22F4N4O4S. The molecule has 0 atom stereocenters. The zero-order chi connectivity index (χ0) is 28.5. The van der Waals surface area contributed by atoms with E-state index in [1.165, 1.54) is 43.9 Å². The van der Waals surface area contributed by atoms with Gasteiger partial charge in [-0.05, 0) is 36.4 Å². The standard InChI is InChI=1S/C26H22F4N4O4S/c1-33-9-8-32-24(33)15-34(22-14-31-7-6-20(22)21-5-4-18(27)13-23(21)38-2)25(35)16-10-17(26(28,29)30)12-19(11-16)39(3,36)37/h4-14H,15H2,1-3H3. The van der Waals surface area contributed by atoms with E-state index >= 15 is 0 Å². The number of benzene rings is 2. The molecule has 13 heteroatoms. The first-order chi connectivity index (χ1) is 18.3. The van der Waals surface area contributed by atoms with E-state index in [9.17, 15) is 30.8 Å². The van der Waals surface area contributed by atoms with E-state index < -0.39 is 43.8 Å². The van der Waals surface area contributed by atoms with Crippen molar-refractivity contribution in [1.29, 1.82) is 0 Å². The number of amides is 1. The van der Waals surface area contributed by atoms with Crippen molar-refractivity contribution in [1.82, 2.24) is 14.5 Å². The molecule has 0 spiro atoms. The fraction of sp³-hybridized carbons (Fsp3) is 0.192. The highest BCUT2D eigenvalue weighted by Crippen LogP contribution is 2.38. The van der Waals surface area contributed by atoms with E-state index in [0.717, 1.165) is 23.3 Å². The van der Waals surface area contributed by atoms with Crippen LogP contribution in [0.25, 0.3) is 11.1 Å². The predicted octanol–water partition coefficient (Wildman–Crippen LogP) is 4.90. The van der Waals surface area contributed by atoms with E-state index in [4.69, 9.17) is 4.74 Å². The van der Waals surface area contributed by atoms with Crippen LogP contribution in [0, 0.1) is 5.82 Å². The van der Waals surface area contributed by atoms with Gasteiger partial charge in [0.15, 0.2) is 9.84 Å². The molecule has 2 heterocycles. The topological polar surface area (TPSA) is 94.4 Å². The molecule has 39 heavy (non-hydrogen) atoms. The Hall–Kier alpha value is -4.26. The van der Waals surface area contributed by atoms with Gasteiger partial charge in [-0.1, -0.05) is 0 Å². The number of methoxy groups -OCH3 is 1. The van der Waals surface area contributed by atoms with Crippen LogP contribution < -0.4 is 9.64 Å². The number of ether oxygens (including phenoxy) is 1. The molecule has 0 aliphatic rings. The van der Waals surface area contributed by atoms with E-state index in [1.807, 2.05) is 0 Å². The van der Waals surface area contributed by atoms with Crippen LogP contribution in [-0.2, 0) is 29.6 Å². The molecule has 0 unspecified atom stereocenters. The number of carbonyl (C=O) groups excluding carboxylic acids is 1. The Kier molecular flexibility index (Phi) is 7.46.